The molecule has 68 heavy (non-hydrogen) atoms. The number of piperidine rings is 4. The molecule has 0 bridgehead atoms. The molecule has 0 saturated carbocycles. The van der Waals surface area contributed by atoms with E-state index in [4.69, 9.17) is 26.1 Å². The number of pyridine rings is 1. The molecular weight excluding hydrogens is 895 g/mol. The van der Waals surface area contributed by atoms with Crippen LogP contribution in [-0.4, -0.2) is 127 Å². The Kier molecular flexibility index (Phi) is 12.9. The van der Waals surface area contributed by atoms with E-state index in [1.54, 1.807) is 22.9 Å². The van der Waals surface area contributed by atoms with Gasteiger partial charge in [0.05, 0.1) is 29.9 Å². The number of carbonyl (C=O) groups is 4. The molecule has 10 rings (SSSR count). The van der Waals surface area contributed by atoms with Crippen LogP contribution >= 0.6 is 11.6 Å². The second kappa shape index (κ2) is 19.2. The summed E-state index contributed by atoms with van der Waals surface area (Å²) in [4.78, 5) is 81.1. The van der Waals surface area contributed by atoms with Crippen molar-refractivity contribution >= 4 is 69.3 Å². The van der Waals surface area contributed by atoms with Gasteiger partial charge in [-0.2, -0.15) is 4.98 Å². The molecule has 1 atom stereocenters. The van der Waals surface area contributed by atoms with Gasteiger partial charge >= 0.3 is 0 Å². The molecule has 2 aromatic heterocycles. The highest BCUT2D eigenvalue weighted by atomic mass is 35.5. The number of hydrogen-bond donors (Lipinski definition) is 3. The number of likely N-dealkylation sites (N-methyl/N-ethyl adjacent to an activating group) is 1. The Labute approximate surface area is 398 Å². The van der Waals surface area contributed by atoms with Crippen LogP contribution in [0.5, 0.6) is 11.5 Å². The third kappa shape index (κ3) is 9.40. The van der Waals surface area contributed by atoms with Crippen LogP contribution < -0.4 is 40.8 Å². The van der Waals surface area contributed by atoms with Gasteiger partial charge < -0.3 is 39.7 Å². The van der Waals surface area contributed by atoms with E-state index in [0.717, 1.165) is 77.9 Å². The number of rotatable bonds is 11. The third-order valence-corrected chi connectivity index (χ3v) is 15.5. The van der Waals surface area contributed by atoms with Crippen molar-refractivity contribution in [1.29, 1.82) is 0 Å². The zero-order valence-electron chi connectivity index (χ0n) is 38.4. The van der Waals surface area contributed by atoms with E-state index in [1.807, 2.05) is 18.2 Å². The lowest BCUT2D eigenvalue weighted by Gasteiger charge is -2.42. The van der Waals surface area contributed by atoms with E-state index in [9.17, 15) is 24.0 Å². The van der Waals surface area contributed by atoms with Crippen molar-refractivity contribution in [2.75, 3.05) is 94.3 Å². The molecule has 5 saturated heterocycles. The van der Waals surface area contributed by atoms with Gasteiger partial charge in [0.2, 0.25) is 23.7 Å². The highest BCUT2D eigenvalue weighted by Gasteiger charge is 2.42. The van der Waals surface area contributed by atoms with E-state index >= 15 is 4.39 Å². The van der Waals surface area contributed by atoms with Gasteiger partial charge in [-0.3, -0.25) is 33.9 Å². The number of halogens is 2. The summed E-state index contributed by atoms with van der Waals surface area (Å²) in [6, 6.07) is 10.4. The van der Waals surface area contributed by atoms with Crippen molar-refractivity contribution in [3.8, 4) is 11.5 Å². The molecule has 1 unspecified atom stereocenters. The Balaban J connectivity index is 0.681. The average Bonchev–Trinajstić information content (AvgIpc) is 3.76. The van der Waals surface area contributed by atoms with Gasteiger partial charge in [0.25, 0.3) is 11.5 Å². The summed E-state index contributed by atoms with van der Waals surface area (Å²) in [6.45, 7) is 7.94. The summed E-state index contributed by atoms with van der Waals surface area (Å²) < 4.78 is 28.6. The minimum absolute atomic E-state index is 0.0501. The van der Waals surface area contributed by atoms with Crippen LogP contribution in [0.3, 0.4) is 0 Å². The summed E-state index contributed by atoms with van der Waals surface area (Å²) in [7, 11) is 1.50. The molecule has 17 nitrogen and oxygen atoms in total. The number of nitrogens with one attached hydrogen (secondary N) is 3. The Bertz CT molecular complexity index is 2680. The Hall–Kier alpha value is -6.01. The number of nitrogens with zero attached hydrogens (tertiary/aromatic N) is 7. The maximum Gasteiger partial charge on any atom is 0.293 e. The zero-order chi connectivity index (χ0) is 47.1. The number of imide groups is 1. The van der Waals surface area contributed by atoms with Gasteiger partial charge in [0.15, 0.2) is 18.2 Å². The summed E-state index contributed by atoms with van der Waals surface area (Å²) in [5.74, 6) is 0.477. The van der Waals surface area contributed by atoms with Crippen molar-refractivity contribution in [3.05, 3.63) is 69.4 Å². The molecule has 1 spiro atoms. The van der Waals surface area contributed by atoms with E-state index in [1.165, 1.54) is 13.1 Å². The number of amides is 4. The number of hydrogen-bond acceptors (Lipinski definition) is 13. The van der Waals surface area contributed by atoms with E-state index in [2.05, 4.69) is 40.5 Å². The van der Waals surface area contributed by atoms with E-state index in [-0.39, 0.29) is 65.1 Å². The fourth-order valence-electron chi connectivity index (χ4n) is 11.2. The van der Waals surface area contributed by atoms with Crippen LogP contribution in [0.4, 0.5) is 27.5 Å². The highest BCUT2D eigenvalue weighted by molar-refractivity contribution is 6.33. The van der Waals surface area contributed by atoms with Crippen molar-refractivity contribution < 1.29 is 33.0 Å². The molecule has 4 amide bonds. The summed E-state index contributed by atoms with van der Waals surface area (Å²) in [6.07, 6.45) is 8.86. The number of benzene rings is 2. The second-order valence-corrected chi connectivity index (χ2v) is 19.8. The van der Waals surface area contributed by atoms with Crippen LogP contribution in [0.1, 0.15) is 69.3 Å². The van der Waals surface area contributed by atoms with Crippen LogP contribution in [0.25, 0.3) is 10.9 Å². The normalized spacial score (nSPS) is 21.2. The van der Waals surface area contributed by atoms with Gasteiger partial charge in [0.1, 0.15) is 23.2 Å². The standard InChI is InChI=1S/C49H58ClFN10O7/c1-52-42(63)28-68-40-24-33-22-34(25-39-43(33)61(47(40)66)20-21-67-39)54-44-36(50)26-53-48(56-44)59-15-8-31(9-16-59)46(65)58-13-6-30(7-14-58)27-57-17-10-49(11-18-57)12-19-60(29-49)38-4-2-32(23-37(38)51)35-3-5-41(62)55-45(35)64/h2,4,22-26,30-31,35H,3,5-21,27-29H2,1H3,(H,52,63)(H,53,54,56)(H,55,62,64). The number of carbonyl (C=O) groups excluding carboxylic acids is 4. The largest absolute Gasteiger partial charge is 0.489 e. The highest BCUT2D eigenvalue weighted by Crippen LogP contribution is 2.43. The number of aromatic nitrogens is 3. The van der Waals surface area contributed by atoms with Gasteiger partial charge in [-0.25, -0.2) is 9.37 Å². The minimum Gasteiger partial charge on any atom is -0.489 e. The van der Waals surface area contributed by atoms with Gasteiger partial charge in [0, 0.05) is 82.3 Å². The molecule has 3 N–H and O–H groups in total. The second-order valence-electron chi connectivity index (χ2n) is 19.4. The molecule has 4 aromatic rings. The lowest BCUT2D eigenvalue weighted by atomic mass is 9.77. The first kappa shape index (κ1) is 45.8. The number of likely N-dealkylation sites (tertiary alicyclic amines) is 2. The number of ether oxygens (including phenoxy) is 2. The first-order valence-electron chi connectivity index (χ1n) is 24.0. The fraction of sp³-hybridized carbons (Fsp3) is 0.531. The van der Waals surface area contributed by atoms with Gasteiger partial charge in [-0.05, 0) is 106 Å². The van der Waals surface area contributed by atoms with Crippen LogP contribution in [0, 0.1) is 23.1 Å². The Morgan fingerprint density at radius 2 is 1.72 bits per heavy atom. The lowest BCUT2D eigenvalue weighted by Crippen LogP contribution is -2.48. The average molecular weight is 954 g/mol. The van der Waals surface area contributed by atoms with Crippen LogP contribution in [0.15, 0.2) is 47.4 Å². The Morgan fingerprint density at radius 3 is 2.47 bits per heavy atom. The minimum atomic E-state index is -0.498. The zero-order valence-corrected chi connectivity index (χ0v) is 39.1. The van der Waals surface area contributed by atoms with Crippen LogP contribution in [-0.2, 0) is 25.7 Å². The molecule has 8 heterocycles. The van der Waals surface area contributed by atoms with Gasteiger partial charge in [-0.1, -0.05) is 17.7 Å². The SMILES string of the molecule is CNC(=O)COc1cc2cc(Nc3nc(N4CCC(C(=O)N5CCC(CN6CCC7(CC6)CCN(c6ccc(C8CCC(=O)NC8=O)cc6F)C7)CC5)CC4)ncc3Cl)cc3c2n(c1=O)CCO3. The first-order valence-corrected chi connectivity index (χ1v) is 24.4. The molecule has 5 fully saturated rings. The molecule has 360 valence electrons. The quantitative estimate of drug-likeness (QED) is 0.174. The molecule has 2 aromatic carbocycles. The fourth-order valence-corrected chi connectivity index (χ4v) is 11.4. The predicted molar refractivity (Wildman–Crippen MR) is 254 cm³/mol. The lowest BCUT2D eigenvalue weighted by molar-refractivity contribution is -0.138. The summed E-state index contributed by atoms with van der Waals surface area (Å²) in [5.41, 5.74) is 2.32. The topological polar surface area (TPSA) is 184 Å². The predicted octanol–water partition coefficient (Wildman–Crippen LogP) is 4.81. The maximum atomic E-state index is 15.5. The van der Waals surface area contributed by atoms with E-state index in [0.29, 0.717) is 102 Å². The van der Waals surface area contributed by atoms with Crippen molar-refractivity contribution in [2.45, 2.75) is 70.3 Å². The molecular formula is C49H58ClFN10O7. The maximum absolute atomic E-state index is 15.5. The Morgan fingerprint density at radius 1 is 0.941 bits per heavy atom. The van der Waals surface area contributed by atoms with Crippen LogP contribution in [0.2, 0.25) is 5.02 Å². The monoisotopic (exact) mass is 952 g/mol. The smallest absolute Gasteiger partial charge is 0.293 e. The van der Waals surface area contributed by atoms with E-state index < -0.39 is 5.92 Å². The summed E-state index contributed by atoms with van der Waals surface area (Å²) >= 11 is 6.62. The number of anilines is 4. The van der Waals surface area contributed by atoms with Gasteiger partial charge in [-0.15, -0.1) is 0 Å². The molecule has 6 aliphatic rings. The first-order chi connectivity index (χ1) is 32.9. The van der Waals surface area contributed by atoms with Crippen molar-refractivity contribution in [3.63, 3.8) is 0 Å². The van der Waals surface area contributed by atoms with Crippen molar-refractivity contribution in [2.24, 2.45) is 17.3 Å². The third-order valence-electron chi connectivity index (χ3n) is 15.2. The molecule has 19 heteroatoms. The molecule has 0 radical (unpaired) electrons. The van der Waals surface area contributed by atoms with Crippen molar-refractivity contribution in [1.82, 2.24) is 35.0 Å². The summed E-state index contributed by atoms with van der Waals surface area (Å²) in [5, 5.41) is 9.19. The molecule has 6 aliphatic heterocycles. The molecule has 0 aliphatic carbocycles.